The molecule has 0 bridgehead atoms. The van der Waals surface area contributed by atoms with Gasteiger partial charge in [-0.3, -0.25) is 9.48 Å². The highest BCUT2D eigenvalue weighted by atomic mass is 127. The summed E-state index contributed by atoms with van der Waals surface area (Å²) in [7, 11) is 2.90. The SMILES string of the molecule is CCCOC(=O)c1c(NC(=O)c2c(I)cnn2C)sc(C(=O)OC)c1C. The molecule has 1 N–H and O–H groups in total. The number of hydrogen-bond acceptors (Lipinski definition) is 7. The minimum Gasteiger partial charge on any atom is -0.465 e. The molecule has 140 valence electrons. The van der Waals surface area contributed by atoms with Crippen molar-refractivity contribution in [3.63, 3.8) is 0 Å². The summed E-state index contributed by atoms with van der Waals surface area (Å²) in [6.07, 6.45) is 2.22. The molecule has 0 aliphatic rings. The quantitative estimate of drug-likeness (QED) is 0.493. The van der Waals surface area contributed by atoms with Crippen LogP contribution in [0.25, 0.3) is 0 Å². The molecule has 26 heavy (non-hydrogen) atoms. The van der Waals surface area contributed by atoms with Crippen molar-refractivity contribution in [3.8, 4) is 0 Å². The van der Waals surface area contributed by atoms with E-state index in [1.165, 1.54) is 11.8 Å². The van der Waals surface area contributed by atoms with Crippen molar-refractivity contribution < 1.29 is 23.9 Å². The molecule has 2 aromatic heterocycles. The number of aromatic nitrogens is 2. The highest BCUT2D eigenvalue weighted by Gasteiger charge is 2.28. The lowest BCUT2D eigenvalue weighted by atomic mass is 10.1. The molecule has 0 spiro atoms. The van der Waals surface area contributed by atoms with Crippen molar-refractivity contribution in [2.45, 2.75) is 20.3 Å². The first-order valence-electron chi connectivity index (χ1n) is 7.69. The maximum absolute atomic E-state index is 12.6. The Balaban J connectivity index is 2.44. The molecule has 1 amide bonds. The Kier molecular flexibility index (Phi) is 6.75. The zero-order valence-electron chi connectivity index (χ0n) is 14.7. The van der Waals surface area contributed by atoms with Gasteiger partial charge in [-0.25, -0.2) is 9.59 Å². The minimum absolute atomic E-state index is 0.161. The number of amides is 1. The summed E-state index contributed by atoms with van der Waals surface area (Å²) in [6.45, 7) is 3.74. The Morgan fingerprint density at radius 2 is 2.04 bits per heavy atom. The number of ether oxygens (including phenoxy) is 2. The van der Waals surface area contributed by atoms with Gasteiger partial charge in [0.25, 0.3) is 5.91 Å². The van der Waals surface area contributed by atoms with Crippen LogP contribution in [0.4, 0.5) is 5.00 Å². The second kappa shape index (κ2) is 8.62. The molecule has 0 saturated carbocycles. The number of thiophene rings is 1. The first kappa shape index (κ1) is 20.4. The van der Waals surface area contributed by atoms with Gasteiger partial charge in [-0.05, 0) is 41.5 Å². The van der Waals surface area contributed by atoms with Crippen molar-refractivity contribution in [2.75, 3.05) is 19.0 Å². The fourth-order valence-corrected chi connectivity index (χ4v) is 4.06. The molecular formula is C16H18IN3O5S. The van der Waals surface area contributed by atoms with Gasteiger partial charge in [0.2, 0.25) is 0 Å². The van der Waals surface area contributed by atoms with E-state index in [0.717, 1.165) is 11.3 Å². The monoisotopic (exact) mass is 491 g/mol. The fraction of sp³-hybridized carbons (Fsp3) is 0.375. The predicted octanol–water partition coefficient (Wildman–Crippen LogP) is 3.00. The van der Waals surface area contributed by atoms with Crippen LogP contribution in [0.1, 0.15) is 49.4 Å². The van der Waals surface area contributed by atoms with E-state index in [4.69, 9.17) is 9.47 Å². The van der Waals surface area contributed by atoms with Crippen molar-refractivity contribution in [3.05, 3.63) is 31.5 Å². The van der Waals surface area contributed by atoms with Gasteiger partial charge in [0.1, 0.15) is 15.6 Å². The predicted molar refractivity (Wildman–Crippen MR) is 105 cm³/mol. The zero-order valence-corrected chi connectivity index (χ0v) is 17.7. The van der Waals surface area contributed by atoms with Gasteiger partial charge in [-0.1, -0.05) is 6.92 Å². The van der Waals surface area contributed by atoms with Crippen molar-refractivity contribution in [2.24, 2.45) is 7.05 Å². The maximum atomic E-state index is 12.6. The first-order valence-corrected chi connectivity index (χ1v) is 9.58. The van der Waals surface area contributed by atoms with Gasteiger partial charge in [0.05, 0.1) is 29.0 Å². The summed E-state index contributed by atoms with van der Waals surface area (Å²) >= 11 is 2.98. The minimum atomic E-state index is -0.592. The van der Waals surface area contributed by atoms with Crippen LogP contribution in [0.5, 0.6) is 0 Å². The van der Waals surface area contributed by atoms with E-state index in [1.807, 2.05) is 29.5 Å². The number of methoxy groups -OCH3 is 1. The number of anilines is 1. The van der Waals surface area contributed by atoms with Crippen LogP contribution >= 0.6 is 33.9 Å². The molecule has 0 aliphatic carbocycles. The molecule has 0 saturated heterocycles. The Bertz CT molecular complexity index is 839. The number of halogens is 1. The van der Waals surface area contributed by atoms with E-state index in [0.29, 0.717) is 21.2 Å². The number of nitrogens with zero attached hydrogens (tertiary/aromatic N) is 2. The standard InChI is InChI=1S/C16H18IN3O5S/c1-5-6-25-15(22)10-8(2)12(16(23)24-4)26-14(10)19-13(21)11-9(17)7-18-20(11)3/h7H,5-6H2,1-4H3,(H,19,21). The van der Waals surface area contributed by atoms with Gasteiger partial charge in [-0.2, -0.15) is 5.10 Å². The van der Waals surface area contributed by atoms with Gasteiger partial charge in [-0.15, -0.1) is 11.3 Å². The summed E-state index contributed by atoms with van der Waals surface area (Å²) in [5.41, 5.74) is 0.927. The highest BCUT2D eigenvalue weighted by Crippen LogP contribution is 2.34. The lowest BCUT2D eigenvalue weighted by molar-refractivity contribution is 0.0506. The summed E-state index contributed by atoms with van der Waals surface area (Å²) in [6, 6.07) is 0. The number of aryl methyl sites for hydroxylation is 1. The van der Waals surface area contributed by atoms with Gasteiger partial charge < -0.3 is 14.8 Å². The molecule has 0 aliphatic heterocycles. The second-order valence-electron chi connectivity index (χ2n) is 5.31. The van der Waals surface area contributed by atoms with Crippen LogP contribution in [-0.2, 0) is 16.5 Å². The Hall–Kier alpha value is -1.95. The van der Waals surface area contributed by atoms with Gasteiger partial charge in [0.15, 0.2) is 0 Å². The molecule has 0 aromatic carbocycles. The maximum Gasteiger partial charge on any atom is 0.348 e. The van der Waals surface area contributed by atoms with Crippen LogP contribution < -0.4 is 5.32 Å². The molecule has 2 rings (SSSR count). The normalized spacial score (nSPS) is 10.5. The number of carbonyl (C=O) groups is 3. The van der Waals surface area contributed by atoms with E-state index in [2.05, 4.69) is 10.4 Å². The fourth-order valence-electron chi connectivity index (χ4n) is 2.23. The Morgan fingerprint density at radius 1 is 1.35 bits per heavy atom. The molecular weight excluding hydrogens is 473 g/mol. The smallest absolute Gasteiger partial charge is 0.348 e. The number of nitrogens with one attached hydrogen (secondary N) is 1. The summed E-state index contributed by atoms with van der Waals surface area (Å²) in [5, 5.41) is 6.97. The Morgan fingerprint density at radius 3 is 2.58 bits per heavy atom. The molecule has 10 heteroatoms. The van der Waals surface area contributed by atoms with Crippen molar-refractivity contribution in [1.29, 1.82) is 0 Å². The van der Waals surface area contributed by atoms with E-state index >= 15 is 0 Å². The number of hydrogen-bond donors (Lipinski definition) is 1. The van der Waals surface area contributed by atoms with Crippen molar-refractivity contribution in [1.82, 2.24) is 9.78 Å². The summed E-state index contributed by atoms with van der Waals surface area (Å²) < 4.78 is 12.0. The molecule has 2 aromatic rings. The van der Waals surface area contributed by atoms with Crippen LogP contribution in [0.2, 0.25) is 0 Å². The summed E-state index contributed by atoms with van der Waals surface area (Å²) in [4.78, 5) is 37.3. The summed E-state index contributed by atoms with van der Waals surface area (Å²) in [5.74, 6) is -1.60. The van der Waals surface area contributed by atoms with Gasteiger partial charge >= 0.3 is 11.9 Å². The van der Waals surface area contributed by atoms with E-state index in [9.17, 15) is 14.4 Å². The third kappa shape index (κ3) is 4.06. The first-order chi connectivity index (χ1) is 12.3. The number of rotatable bonds is 6. The molecule has 0 radical (unpaired) electrons. The lowest BCUT2D eigenvalue weighted by Gasteiger charge is -2.08. The van der Waals surface area contributed by atoms with Gasteiger partial charge in [0, 0.05) is 7.05 Å². The number of carbonyl (C=O) groups excluding carboxylic acids is 3. The molecule has 2 heterocycles. The molecule has 8 nitrogen and oxygen atoms in total. The zero-order chi connectivity index (χ0) is 19.4. The third-order valence-electron chi connectivity index (χ3n) is 3.50. The molecule has 0 unspecified atom stereocenters. The van der Waals surface area contributed by atoms with Crippen LogP contribution in [0.15, 0.2) is 6.20 Å². The van der Waals surface area contributed by atoms with E-state index in [-0.39, 0.29) is 22.0 Å². The largest absolute Gasteiger partial charge is 0.465 e. The van der Waals surface area contributed by atoms with E-state index in [1.54, 1.807) is 20.2 Å². The van der Waals surface area contributed by atoms with Crippen LogP contribution in [0, 0.1) is 10.5 Å². The van der Waals surface area contributed by atoms with Crippen LogP contribution in [-0.4, -0.2) is 41.3 Å². The van der Waals surface area contributed by atoms with Crippen LogP contribution in [0.3, 0.4) is 0 Å². The third-order valence-corrected chi connectivity index (χ3v) is 5.47. The number of esters is 2. The highest BCUT2D eigenvalue weighted by molar-refractivity contribution is 14.1. The molecule has 0 fully saturated rings. The topological polar surface area (TPSA) is 99.5 Å². The van der Waals surface area contributed by atoms with E-state index < -0.39 is 17.8 Å². The lowest BCUT2D eigenvalue weighted by Crippen LogP contribution is -2.19. The Labute approximate surface area is 168 Å². The second-order valence-corrected chi connectivity index (χ2v) is 7.49. The average Bonchev–Trinajstić information content (AvgIpc) is 3.11. The average molecular weight is 491 g/mol. The molecule has 0 atom stereocenters. The van der Waals surface area contributed by atoms with Crippen molar-refractivity contribution >= 4 is 56.8 Å².